The molecule has 0 fully saturated rings. The van der Waals surface area contributed by atoms with Gasteiger partial charge in [-0.1, -0.05) is 11.6 Å². The lowest BCUT2D eigenvalue weighted by molar-refractivity contribution is 0.0816. The van der Waals surface area contributed by atoms with Crippen LogP contribution in [0.25, 0.3) is 0 Å². The van der Waals surface area contributed by atoms with Crippen molar-refractivity contribution in [1.29, 1.82) is 0 Å². The summed E-state index contributed by atoms with van der Waals surface area (Å²) < 4.78 is 11.1. The monoisotopic (exact) mass is 381 g/mol. The first-order chi connectivity index (χ1) is 13.1. The summed E-state index contributed by atoms with van der Waals surface area (Å²) in [6.45, 7) is 2.49. The predicted octanol–water partition coefficient (Wildman–Crippen LogP) is 4.99. The molecule has 3 rings (SSSR count). The Hall–Kier alpha value is -3.18. The molecule has 136 valence electrons. The second-order valence-electron chi connectivity index (χ2n) is 5.55. The van der Waals surface area contributed by atoms with Gasteiger partial charge in [0.25, 0.3) is 0 Å². The molecule has 0 radical (unpaired) electrons. The van der Waals surface area contributed by atoms with Crippen LogP contribution in [0.5, 0.6) is 17.2 Å². The maximum absolute atomic E-state index is 12.4. The lowest BCUT2D eigenvalue weighted by atomic mass is 10.0. The number of carbonyl (C=O) groups is 2. The molecule has 27 heavy (non-hydrogen) atoms. The van der Waals surface area contributed by atoms with Gasteiger partial charge in [0.05, 0.1) is 11.6 Å². The maximum Gasteiger partial charge on any atom is 0.235 e. The Kier molecular flexibility index (Phi) is 5.84. The summed E-state index contributed by atoms with van der Waals surface area (Å²) in [6, 6.07) is 14.7. The topological polar surface area (TPSA) is 65.5 Å². The quantitative estimate of drug-likeness (QED) is 0.426. The van der Waals surface area contributed by atoms with E-state index in [4.69, 9.17) is 21.1 Å². The van der Waals surface area contributed by atoms with Gasteiger partial charge in [-0.25, -0.2) is 0 Å². The SMILES string of the molecule is CCOc1ccc(Oc2ccc(C(=O)C(=O)c3cccnc3)cc2Cl)cc1. The van der Waals surface area contributed by atoms with Crippen molar-refractivity contribution in [3.8, 4) is 17.2 Å². The normalized spacial score (nSPS) is 10.3. The molecule has 2 aromatic carbocycles. The van der Waals surface area contributed by atoms with Crippen molar-refractivity contribution < 1.29 is 19.1 Å². The zero-order valence-electron chi connectivity index (χ0n) is 14.5. The maximum atomic E-state index is 12.4. The highest BCUT2D eigenvalue weighted by Crippen LogP contribution is 2.31. The molecule has 0 bridgehead atoms. The molecule has 0 aliphatic carbocycles. The number of pyridine rings is 1. The zero-order chi connectivity index (χ0) is 19.2. The second-order valence-corrected chi connectivity index (χ2v) is 5.96. The molecule has 0 N–H and O–H groups in total. The fourth-order valence-corrected chi connectivity index (χ4v) is 2.60. The van der Waals surface area contributed by atoms with E-state index in [9.17, 15) is 9.59 Å². The van der Waals surface area contributed by atoms with Crippen LogP contribution >= 0.6 is 11.6 Å². The highest BCUT2D eigenvalue weighted by molar-refractivity contribution is 6.49. The predicted molar refractivity (Wildman–Crippen MR) is 102 cm³/mol. The minimum atomic E-state index is -0.655. The Morgan fingerprint density at radius 2 is 1.67 bits per heavy atom. The van der Waals surface area contributed by atoms with Gasteiger partial charge in [-0.05, 0) is 61.5 Å². The lowest BCUT2D eigenvalue weighted by Crippen LogP contribution is -2.14. The Labute approximate surface area is 161 Å². The van der Waals surface area contributed by atoms with Crippen molar-refractivity contribution in [3.63, 3.8) is 0 Å². The summed E-state index contributed by atoms with van der Waals surface area (Å²) in [5.41, 5.74) is 0.418. The lowest BCUT2D eigenvalue weighted by Gasteiger charge is -2.10. The molecule has 0 saturated heterocycles. The number of carbonyl (C=O) groups excluding carboxylic acids is 2. The zero-order valence-corrected chi connectivity index (χ0v) is 15.3. The van der Waals surface area contributed by atoms with Crippen molar-refractivity contribution >= 4 is 23.2 Å². The molecule has 0 amide bonds. The molecule has 1 heterocycles. The molecule has 0 aliphatic heterocycles. The van der Waals surface area contributed by atoms with Crippen LogP contribution in [-0.4, -0.2) is 23.2 Å². The average Bonchev–Trinajstić information content (AvgIpc) is 2.70. The summed E-state index contributed by atoms with van der Waals surface area (Å²) in [7, 11) is 0. The summed E-state index contributed by atoms with van der Waals surface area (Å²) in [6.07, 6.45) is 2.89. The third-order valence-electron chi connectivity index (χ3n) is 3.69. The summed E-state index contributed by atoms with van der Waals surface area (Å²) in [4.78, 5) is 28.5. The Morgan fingerprint density at radius 3 is 2.30 bits per heavy atom. The van der Waals surface area contributed by atoms with Crippen LogP contribution in [0, 0.1) is 0 Å². The molecule has 0 unspecified atom stereocenters. The van der Waals surface area contributed by atoms with Gasteiger partial charge in [0.1, 0.15) is 17.2 Å². The first-order valence-electron chi connectivity index (χ1n) is 8.28. The molecule has 1 aromatic heterocycles. The van der Waals surface area contributed by atoms with Gasteiger partial charge >= 0.3 is 0 Å². The van der Waals surface area contributed by atoms with Crippen molar-refractivity contribution in [2.45, 2.75) is 6.92 Å². The van der Waals surface area contributed by atoms with E-state index in [-0.39, 0.29) is 16.1 Å². The minimum absolute atomic E-state index is 0.188. The Balaban J connectivity index is 1.75. The highest BCUT2D eigenvalue weighted by atomic mass is 35.5. The van der Waals surface area contributed by atoms with Gasteiger partial charge in [-0.2, -0.15) is 0 Å². The van der Waals surface area contributed by atoms with Crippen molar-refractivity contribution in [3.05, 3.63) is 83.1 Å². The van der Waals surface area contributed by atoms with Crippen molar-refractivity contribution in [2.24, 2.45) is 0 Å². The number of aromatic nitrogens is 1. The van der Waals surface area contributed by atoms with Gasteiger partial charge < -0.3 is 9.47 Å². The molecular formula is C21H16ClNO4. The van der Waals surface area contributed by atoms with E-state index >= 15 is 0 Å². The van der Waals surface area contributed by atoms with Gasteiger partial charge in [0.15, 0.2) is 0 Å². The summed E-state index contributed by atoms with van der Waals surface area (Å²) >= 11 is 6.23. The van der Waals surface area contributed by atoms with Crippen LogP contribution in [0.2, 0.25) is 5.02 Å². The van der Waals surface area contributed by atoms with Crippen molar-refractivity contribution in [2.75, 3.05) is 6.61 Å². The van der Waals surface area contributed by atoms with Gasteiger partial charge in [0, 0.05) is 23.5 Å². The number of Topliss-reactive ketones (excluding diaryl/α,β-unsaturated/α-hetero) is 2. The van der Waals surface area contributed by atoms with E-state index in [1.165, 1.54) is 30.6 Å². The van der Waals surface area contributed by atoms with E-state index in [1.54, 1.807) is 36.4 Å². The fraction of sp³-hybridized carbons (Fsp3) is 0.0952. The standard InChI is InChI=1S/C21H16ClNO4/c1-2-26-16-6-8-17(9-7-16)27-19-10-5-14(12-18(19)22)20(24)21(25)15-4-3-11-23-13-15/h3-13H,2H2,1H3. The van der Waals surface area contributed by atoms with Gasteiger partial charge in [-0.15, -0.1) is 0 Å². The van der Waals surface area contributed by atoms with Crippen LogP contribution in [-0.2, 0) is 0 Å². The third-order valence-corrected chi connectivity index (χ3v) is 3.98. The number of rotatable bonds is 7. The first-order valence-corrected chi connectivity index (χ1v) is 8.65. The van der Waals surface area contributed by atoms with E-state index < -0.39 is 11.6 Å². The number of benzene rings is 2. The smallest absolute Gasteiger partial charge is 0.235 e. The van der Waals surface area contributed by atoms with Crippen LogP contribution in [0.15, 0.2) is 67.0 Å². The molecule has 0 aliphatic rings. The Morgan fingerprint density at radius 1 is 0.963 bits per heavy atom. The van der Waals surface area contributed by atoms with Gasteiger partial charge in [-0.3, -0.25) is 14.6 Å². The number of hydrogen-bond acceptors (Lipinski definition) is 5. The van der Waals surface area contributed by atoms with E-state index in [0.717, 1.165) is 5.75 Å². The molecule has 6 heteroatoms. The highest BCUT2D eigenvalue weighted by Gasteiger charge is 2.19. The van der Waals surface area contributed by atoms with Crippen LogP contribution < -0.4 is 9.47 Å². The number of ketones is 2. The third kappa shape index (κ3) is 4.51. The number of ether oxygens (including phenoxy) is 2. The molecule has 0 atom stereocenters. The second kappa shape index (κ2) is 8.47. The number of halogens is 1. The van der Waals surface area contributed by atoms with E-state index in [1.807, 2.05) is 6.92 Å². The van der Waals surface area contributed by atoms with Gasteiger partial charge in [0.2, 0.25) is 11.6 Å². The van der Waals surface area contributed by atoms with Crippen molar-refractivity contribution in [1.82, 2.24) is 4.98 Å². The number of nitrogens with zero attached hydrogens (tertiary/aromatic N) is 1. The summed E-state index contributed by atoms with van der Waals surface area (Å²) in [5.74, 6) is 0.403. The molecule has 3 aromatic rings. The molecule has 0 saturated carbocycles. The van der Waals surface area contributed by atoms with Crippen LogP contribution in [0.3, 0.4) is 0 Å². The first kappa shape index (κ1) is 18.6. The molecular weight excluding hydrogens is 366 g/mol. The summed E-state index contributed by atoms with van der Waals surface area (Å²) in [5, 5.41) is 0.230. The average molecular weight is 382 g/mol. The van der Waals surface area contributed by atoms with Crippen LogP contribution in [0.1, 0.15) is 27.6 Å². The Bertz CT molecular complexity index is 956. The number of hydrogen-bond donors (Lipinski definition) is 0. The van der Waals surface area contributed by atoms with E-state index in [0.29, 0.717) is 18.1 Å². The fourth-order valence-electron chi connectivity index (χ4n) is 2.38. The molecule has 0 spiro atoms. The van der Waals surface area contributed by atoms with Crippen LogP contribution in [0.4, 0.5) is 0 Å². The van der Waals surface area contributed by atoms with E-state index in [2.05, 4.69) is 4.98 Å². The largest absolute Gasteiger partial charge is 0.494 e. The minimum Gasteiger partial charge on any atom is -0.494 e. The molecule has 5 nitrogen and oxygen atoms in total.